The van der Waals surface area contributed by atoms with Gasteiger partial charge in [-0.3, -0.25) is 9.59 Å². The second kappa shape index (κ2) is 13.1. The average molecular weight is 669 g/mol. The maximum atomic E-state index is 13.8. The Hall–Kier alpha value is -6.02. The number of phenols is 2. The van der Waals surface area contributed by atoms with Crippen LogP contribution >= 0.6 is 0 Å². The van der Waals surface area contributed by atoms with E-state index in [1.54, 1.807) is 26.0 Å². The third-order valence-corrected chi connectivity index (χ3v) is 9.26. The standard InChI is InChI=1S/C42H40N2O6/c1-21(2)31-27-17-23(5)33(39(47)35(27)29(37(45)41(31)49)19-43-25-13-9-7-10-14-25)34-24(6)18-28-32(22(3)4)42(50)38(46)30(36(28)40(34)48)20-44-26-15-11-8-12-16-26/h7-22,43-44,47-50H,1-6H3/b29-19+,30-20+. The number of rotatable bonds is 7. The van der Waals surface area contributed by atoms with Crippen molar-refractivity contribution < 1.29 is 30.0 Å². The molecule has 0 atom stereocenters. The second-order valence-corrected chi connectivity index (χ2v) is 13.3. The van der Waals surface area contributed by atoms with Crippen LogP contribution in [0.3, 0.4) is 0 Å². The number of fused-ring (bicyclic) bond motifs is 2. The summed E-state index contributed by atoms with van der Waals surface area (Å²) in [6.07, 6.45) is 2.94. The lowest BCUT2D eigenvalue weighted by Crippen LogP contribution is -2.20. The fourth-order valence-electron chi connectivity index (χ4n) is 7.01. The van der Waals surface area contributed by atoms with Crippen LogP contribution in [-0.2, 0) is 9.59 Å². The van der Waals surface area contributed by atoms with E-state index in [0.29, 0.717) is 44.8 Å². The number of aryl methyl sites for hydroxylation is 2. The lowest BCUT2D eigenvalue weighted by molar-refractivity contribution is -0.113. The summed E-state index contributed by atoms with van der Waals surface area (Å²) < 4.78 is 0. The van der Waals surface area contributed by atoms with Gasteiger partial charge < -0.3 is 31.1 Å². The molecule has 0 spiro atoms. The predicted molar refractivity (Wildman–Crippen MR) is 200 cm³/mol. The van der Waals surface area contributed by atoms with Crippen molar-refractivity contribution in [3.05, 3.63) is 130 Å². The van der Waals surface area contributed by atoms with Gasteiger partial charge in [0, 0.05) is 57.2 Å². The largest absolute Gasteiger partial charge is 0.507 e. The number of phenolic OH excluding ortho intramolecular Hbond substituents is 2. The molecule has 8 nitrogen and oxygen atoms in total. The number of allylic oxidation sites excluding steroid dienone is 4. The van der Waals surface area contributed by atoms with E-state index in [1.165, 1.54) is 12.4 Å². The third kappa shape index (κ3) is 5.62. The summed E-state index contributed by atoms with van der Waals surface area (Å²) in [5.41, 5.74) is 5.47. The average Bonchev–Trinajstić information content (AvgIpc) is 3.07. The maximum absolute atomic E-state index is 13.8. The molecule has 2 aliphatic carbocycles. The molecule has 4 aromatic carbocycles. The molecule has 2 aliphatic rings. The fourth-order valence-corrected chi connectivity index (χ4v) is 7.01. The summed E-state index contributed by atoms with van der Waals surface area (Å²) in [5, 5.41) is 53.1. The molecule has 254 valence electrons. The van der Waals surface area contributed by atoms with Gasteiger partial charge in [-0.2, -0.15) is 0 Å². The second-order valence-electron chi connectivity index (χ2n) is 13.3. The van der Waals surface area contributed by atoms with Gasteiger partial charge in [0.1, 0.15) is 11.5 Å². The minimum Gasteiger partial charge on any atom is -0.507 e. The van der Waals surface area contributed by atoms with Crippen molar-refractivity contribution in [3.63, 3.8) is 0 Å². The Kier molecular flexibility index (Phi) is 8.89. The molecule has 0 saturated carbocycles. The van der Waals surface area contributed by atoms with Crippen LogP contribution in [0.2, 0.25) is 0 Å². The zero-order valence-corrected chi connectivity index (χ0v) is 28.8. The Morgan fingerprint density at radius 3 is 1.20 bits per heavy atom. The first-order chi connectivity index (χ1) is 23.8. The SMILES string of the molecule is Cc1cc2c(c(O)c1-c1c(C)cc3c(c1O)/C(=C\Nc1ccccc1)C(=O)C(O)=C3C(C)C)/C(=C\Nc1ccccc1)C(=O)C(O)=C2C(C)C. The highest BCUT2D eigenvalue weighted by molar-refractivity contribution is 6.35. The number of ketones is 2. The predicted octanol–water partition coefficient (Wildman–Crippen LogP) is 9.30. The zero-order chi connectivity index (χ0) is 36.0. The van der Waals surface area contributed by atoms with E-state index in [1.807, 2.05) is 88.4 Å². The molecule has 0 aromatic heterocycles. The molecule has 0 bridgehead atoms. The summed E-state index contributed by atoms with van der Waals surface area (Å²) in [4.78, 5) is 27.6. The Morgan fingerprint density at radius 2 is 0.880 bits per heavy atom. The Balaban J connectivity index is 1.63. The van der Waals surface area contributed by atoms with E-state index in [-0.39, 0.29) is 68.3 Å². The molecule has 6 rings (SSSR count). The van der Waals surface area contributed by atoms with Crippen LogP contribution in [0.4, 0.5) is 11.4 Å². The van der Waals surface area contributed by atoms with Crippen molar-refractivity contribution in [3.8, 4) is 22.6 Å². The van der Waals surface area contributed by atoms with Gasteiger partial charge in [0.05, 0.1) is 11.1 Å². The molecule has 4 aromatic rings. The molecule has 8 heteroatoms. The van der Waals surface area contributed by atoms with Crippen LogP contribution in [0.1, 0.15) is 61.1 Å². The number of carbonyl (C=O) groups excluding carboxylic acids is 2. The zero-order valence-electron chi connectivity index (χ0n) is 28.8. The van der Waals surface area contributed by atoms with Crippen LogP contribution in [0.25, 0.3) is 33.4 Å². The molecule has 0 aliphatic heterocycles. The number of hydrogen-bond donors (Lipinski definition) is 6. The van der Waals surface area contributed by atoms with Gasteiger partial charge in [-0.05, 0) is 72.2 Å². The molecule has 6 N–H and O–H groups in total. The third-order valence-electron chi connectivity index (χ3n) is 9.26. The number of nitrogens with one attached hydrogen (secondary N) is 2. The van der Waals surface area contributed by atoms with E-state index in [4.69, 9.17) is 0 Å². The van der Waals surface area contributed by atoms with Crippen LogP contribution in [0.15, 0.2) is 96.7 Å². The highest BCUT2D eigenvalue weighted by Crippen LogP contribution is 2.53. The first kappa shape index (κ1) is 33.9. The minimum atomic E-state index is -0.647. The van der Waals surface area contributed by atoms with Crippen LogP contribution in [0.5, 0.6) is 11.5 Å². The number of para-hydroxylation sites is 2. The monoisotopic (exact) mass is 668 g/mol. The van der Waals surface area contributed by atoms with Crippen LogP contribution in [0, 0.1) is 25.7 Å². The Morgan fingerprint density at radius 1 is 0.540 bits per heavy atom. The topological polar surface area (TPSA) is 139 Å². The number of hydrogen-bond acceptors (Lipinski definition) is 8. The Bertz CT molecular complexity index is 2030. The highest BCUT2D eigenvalue weighted by atomic mass is 16.3. The number of aliphatic hydroxyl groups excluding tert-OH is 2. The fraction of sp³-hybridized carbons (Fsp3) is 0.190. The van der Waals surface area contributed by atoms with Crippen molar-refractivity contribution in [2.75, 3.05) is 10.6 Å². The van der Waals surface area contributed by atoms with Crippen LogP contribution < -0.4 is 10.6 Å². The van der Waals surface area contributed by atoms with Gasteiger partial charge in [-0.15, -0.1) is 0 Å². The molecule has 0 unspecified atom stereocenters. The quantitative estimate of drug-likeness (QED) is 0.107. The lowest BCUT2D eigenvalue weighted by Gasteiger charge is -2.29. The Labute approximate surface area is 291 Å². The molecule has 0 saturated heterocycles. The van der Waals surface area contributed by atoms with Gasteiger partial charge in [0.2, 0.25) is 11.6 Å². The number of benzene rings is 4. The van der Waals surface area contributed by atoms with Crippen molar-refractivity contribution in [2.24, 2.45) is 11.8 Å². The lowest BCUT2D eigenvalue weighted by atomic mass is 9.75. The number of anilines is 2. The van der Waals surface area contributed by atoms with Crippen LogP contribution in [-0.4, -0.2) is 32.0 Å². The van der Waals surface area contributed by atoms with Gasteiger partial charge in [-0.1, -0.05) is 76.2 Å². The summed E-state index contributed by atoms with van der Waals surface area (Å²) in [7, 11) is 0. The number of aromatic hydroxyl groups is 2. The summed E-state index contributed by atoms with van der Waals surface area (Å²) in [6.45, 7) is 11.0. The molecular formula is C42H40N2O6. The maximum Gasteiger partial charge on any atom is 0.229 e. The van der Waals surface area contributed by atoms with Crippen molar-refractivity contribution in [1.82, 2.24) is 0 Å². The van der Waals surface area contributed by atoms with Crippen molar-refractivity contribution in [1.29, 1.82) is 0 Å². The number of aliphatic hydroxyl groups is 2. The highest BCUT2D eigenvalue weighted by Gasteiger charge is 2.38. The molecule has 0 heterocycles. The first-order valence-corrected chi connectivity index (χ1v) is 16.6. The van der Waals surface area contributed by atoms with Gasteiger partial charge in [-0.25, -0.2) is 0 Å². The van der Waals surface area contributed by atoms with Crippen molar-refractivity contribution >= 4 is 45.2 Å². The molecular weight excluding hydrogens is 628 g/mol. The molecule has 0 fully saturated rings. The minimum absolute atomic E-state index is 0.0531. The summed E-state index contributed by atoms with van der Waals surface area (Å²) >= 11 is 0. The van der Waals surface area contributed by atoms with E-state index in [9.17, 15) is 30.0 Å². The summed E-state index contributed by atoms with van der Waals surface area (Å²) in [5.74, 6) is -3.09. The van der Waals surface area contributed by atoms with E-state index in [0.717, 1.165) is 0 Å². The first-order valence-electron chi connectivity index (χ1n) is 16.6. The van der Waals surface area contributed by atoms with E-state index >= 15 is 0 Å². The van der Waals surface area contributed by atoms with E-state index in [2.05, 4.69) is 10.6 Å². The molecule has 0 amide bonds. The molecule has 0 radical (unpaired) electrons. The normalized spacial score (nSPS) is 16.1. The smallest absolute Gasteiger partial charge is 0.229 e. The summed E-state index contributed by atoms with van der Waals surface area (Å²) in [6, 6.07) is 22.0. The van der Waals surface area contributed by atoms with E-state index < -0.39 is 11.6 Å². The number of carbonyl (C=O) groups is 2. The van der Waals surface area contributed by atoms with Crippen molar-refractivity contribution in [2.45, 2.75) is 41.5 Å². The molecule has 50 heavy (non-hydrogen) atoms. The van der Waals surface area contributed by atoms with Gasteiger partial charge >= 0.3 is 0 Å². The number of Topliss-reactive ketones (excluding diaryl/α,β-unsaturated/α-hetero) is 2. The van der Waals surface area contributed by atoms with Gasteiger partial charge in [0.25, 0.3) is 0 Å². The van der Waals surface area contributed by atoms with Gasteiger partial charge in [0.15, 0.2) is 11.5 Å².